The number of rotatable bonds is 8. The molecule has 0 unspecified atom stereocenters. The Morgan fingerprint density at radius 2 is 1.59 bits per heavy atom. The number of aromatic nitrogens is 2. The van der Waals surface area contributed by atoms with Gasteiger partial charge in [-0.1, -0.05) is 60.7 Å². The summed E-state index contributed by atoms with van der Waals surface area (Å²) >= 11 is 0. The molecule has 9 nitrogen and oxygen atoms in total. The van der Waals surface area contributed by atoms with Crippen LogP contribution in [0, 0.1) is 0 Å². The highest BCUT2D eigenvalue weighted by molar-refractivity contribution is 6.00. The van der Waals surface area contributed by atoms with Crippen molar-refractivity contribution in [2.45, 2.75) is 13.8 Å². The molecule has 0 aliphatic carbocycles. The summed E-state index contributed by atoms with van der Waals surface area (Å²) in [4.78, 5) is 25.0. The van der Waals surface area contributed by atoms with Crippen molar-refractivity contribution in [2.24, 2.45) is 10.2 Å². The number of ether oxygens (including phenoxy) is 2. The summed E-state index contributed by atoms with van der Waals surface area (Å²) in [6, 6.07) is 17.4. The van der Waals surface area contributed by atoms with Crippen LogP contribution in [0.5, 0.6) is 0 Å². The molecule has 0 fully saturated rings. The zero-order valence-corrected chi connectivity index (χ0v) is 17.6. The van der Waals surface area contributed by atoms with E-state index < -0.39 is 23.4 Å². The normalized spacial score (nSPS) is 11.8. The highest BCUT2D eigenvalue weighted by atomic mass is 16.5. The predicted molar refractivity (Wildman–Crippen MR) is 117 cm³/mol. The van der Waals surface area contributed by atoms with Gasteiger partial charge in [-0.15, -0.1) is 10.2 Å². The third-order valence-electron chi connectivity index (χ3n) is 4.27. The van der Waals surface area contributed by atoms with Crippen LogP contribution in [-0.4, -0.2) is 40.5 Å². The number of hydrogen-bond acceptors (Lipinski definition) is 8. The molecule has 3 aromatic rings. The van der Waals surface area contributed by atoms with Crippen molar-refractivity contribution in [3.63, 3.8) is 0 Å². The summed E-state index contributed by atoms with van der Waals surface area (Å²) in [6.07, 6.45) is 0. The Labute approximate surface area is 184 Å². The van der Waals surface area contributed by atoms with Gasteiger partial charge in [-0.05, 0) is 13.8 Å². The minimum Gasteiger partial charge on any atom is -0.505 e. The fourth-order valence-corrected chi connectivity index (χ4v) is 2.83. The van der Waals surface area contributed by atoms with Gasteiger partial charge in [0, 0.05) is 11.1 Å². The van der Waals surface area contributed by atoms with Crippen LogP contribution < -0.4 is 0 Å². The van der Waals surface area contributed by atoms with Crippen molar-refractivity contribution in [1.82, 2.24) is 10.2 Å². The first-order valence-electron chi connectivity index (χ1n) is 9.95. The number of carbonyl (C=O) groups is 2. The Balaban J connectivity index is 2.08. The lowest BCUT2D eigenvalue weighted by atomic mass is 10.1. The minimum atomic E-state index is -0.867. The monoisotopic (exact) mass is 434 g/mol. The van der Waals surface area contributed by atoms with Gasteiger partial charge in [0.1, 0.15) is 5.56 Å². The number of H-pyrrole nitrogens is 1. The topological polar surface area (TPSA) is 126 Å². The number of benzene rings is 2. The fourth-order valence-electron chi connectivity index (χ4n) is 2.83. The van der Waals surface area contributed by atoms with Crippen LogP contribution in [0.3, 0.4) is 0 Å². The number of aromatic amines is 1. The van der Waals surface area contributed by atoms with Gasteiger partial charge in [0.2, 0.25) is 11.5 Å². The van der Waals surface area contributed by atoms with Gasteiger partial charge in [-0.3, -0.25) is 5.10 Å². The van der Waals surface area contributed by atoms with Gasteiger partial charge >= 0.3 is 11.9 Å². The molecular weight excluding hydrogens is 412 g/mol. The summed E-state index contributed by atoms with van der Waals surface area (Å²) in [7, 11) is 0. The van der Waals surface area contributed by atoms with E-state index in [1.54, 1.807) is 56.3 Å². The molecule has 0 saturated carbocycles. The summed E-state index contributed by atoms with van der Waals surface area (Å²) in [5.41, 5.74) is 1.08. The van der Waals surface area contributed by atoms with Crippen molar-refractivity contribution in [1.29, 1.82) is 0 Å². The number of aliphatic hydroxyl groups excluding tert-OH is 1. The first kappa shape index (κ1) is 22.4. The second-order valence-corrected chi connectivity index (χ2v) is 6.37. The van der Waals surface area contributed by atoms with E-state index in [1.165, 1.54) is 0 Å². The summed E-state index contributed by atoms with van der Waals surface area (Å²) in [5.74, 6) is -2.02. The van der Waals surface area contributed by atoms with Crippen molar-refractivity contribution in [2.75, 3.05) is 13.2 Å². The van der Waals surface area contributed by atoms with Crippen LogP contribution in [0.1, 0.15) is 29.8 Å². The molecule has 32 heavy (non-hydrogen) atoms. The van der Waals surface area contributed by atoms with E-state index in [9.17, 15) is 14.7 Å². The van der Waals surface area contributed by atoms with E-state index >= 15 is 0 Å². The van der Waals surface area contributed by atoms with Crippen LogP contribution in [-0.2, 0) is 14.3 Å². The van der Waals surface area contributed by atoms with Crippen LogP contribution in [0.25, 0.3) is 17.0 Å². The molecular formula is C23H22N4O5. The Morgan fingerprint density at radius 3 is 2.22 bits per heavy atom. The molecule has 1 heterocycles. The second kappa shape index (κ2) is 10.7. The molecule has 0 bridgehead atoms. The highest BCUT2D eigenvalue weighted by Crippen LogP contribution is 2.30. The lowest BCUT2D eigenvalue weighted by Gasteiger charge is -2.06. The molecule has 0 atom stereocenters. The summed E-state index contributed by atoms with van der Waals surface area (Å²) in [5, 5.41) is 25.3. The number of esters is 2. The van der Waals surface area contributed by atoms with E-state index in [0.717, 1.165) is 0 Å². The molecule has 0 amide bonds. The molecule has 0 aliphatic heterocycles. The van der Waals surface area contributed by atoms with Gasteiger partial charge in [0.05, 0.1) is 18.9 Å². The standard InChI is InChI=1S/C23H22N4O5/c1-3-31-22(29)17-18(15-11-7-5-8-12-15)24-26-21(17)27-25-19(23(30)32-4-2)20(28)16-13-9-6-10-14-16/h5-14,28H,3-4H2,1-2H3,(H,24,26)/b20-19-,27-25?. The fraction of sp³-hybridized carbons (Fsp3) is 0.174. The SMILES string of the molecule is CCOC(=O)/C(N=Nc1n[nH]c(-c2ccccc2)c1C(=O)OCC)=C(/O)c1ccccc1. The van der Waals surface area contributed by atoms with E-state index in [4.69, 9.17) is 9.47 Å². The highest BCUT2D eigenvalue weighted by Gasteiger charge is 2.24. The molecule has 2 aromatic carbocycles. The number of carbonyl (C=O) groups excluding carboxylic acids is 2. The maximum Gasteiger partial charge on any atom is 0.362 e. The quantitative estimate of drug-likeness (QED) is 0.226. The first-order valence-corrected chi connectivity index (χ1v) is 9.95. The number of hydrogen-bond donors (Lipinski definition) is 2. The second-order valence-electron chi connectivity index (χ2n) is 6.37. The molecule has 0 spiro atoms. The zero-order chi connectivity index (χ0) is 22.9. The third kappa shape index (κ3) is 5.07. The Bertz CT molecular complexity index is 1140. The molecule has 0 aliphatic rings. The van der Waals surface area contributed by atoms with Crippen molar-refractivity contribution >= 4 is 23.5 Å². The van der Waals surface area contributed by atoms with Crippen LogP contribution in [0.15, 0.2) is 76.6 Å². The lowest BCUT2D eigenvalue weighted by molar-refractivity contribution is -0.138. The lowest BCUT2D eigenvalue weighted by Crippen LogP contribution is -2.08. The average molecular weight is 434 g/mol. The molecule has 9 heteroatoms. The zero-order valence-electron chi connectivity index (χ0n) is 17.6. The molecule has 2 N–H and O–H groups in total. The summed E-state index contributed by atoms with van der Waals surface area (Å²) in [6.45, 7) is 3.54. The number of azo groups is 1. The van der Waals surface area contributed by atoms with Crippen molar-refractivity contribution in [3.05, 3.63) is 77.5 Å². The number of aliphatic hydroxyl groups is 1. The molecule has 1 aromatic heterocycles. The van der Waals surface area contributed by atoms with Gasteiger partial charge < -0.3 is 14.6 Å². The molecule has 164 valence electrons. The van der Waals surface area contributed by atoms with Crippen LogP contribution >= 0.6 is 0 Å². The average Bonchev–Trinajstić information content (AvgIpc) is 3.24. The maximum absolute atomic E-state index is 12.6. The molecule has 0 radical (unpaired) electrons. The Hall–Kier alpha value is -4.27. The summed E-state index contributed by atoms with van der Waals surface area (Å²) < 4.78 is 10.1. The number of nitrogens with one attached hydrogen (secondary N) is 1. The smallest absolute Gasteiger partial charge is 0.362 e. The number of nitrogens with zero attached hydrogens (tertiary/aromatic N) is 3. The molecule has 3 rings (SSSR count). The molecule has 0 saturated heterocycles. The predicted octanol–water partition coefficient (Wildman–Crippen LogP) is 4.83. The van der Waals surface area contributed by atoms with E-state index in [2.05, 4.69) is 20.4 Å². The van der Waals surface area contributed by atoms with Gasteiger partial charge in [-0.25, -0.2) is 9.59 Å². The Morgan fingerprint density at radius 1 is 0.969 bits per heavy atom. The van der Waals surface area contributed by atoms with Crippen molar-refractivity contribution < 1.29 is 24.2 Å². The van der Waals surface area contributed by atoms with Crippen LogP contribution in [0.2, 0.25) is 0 Å². The van der Waals surface area contributed by atoms with Gasteiger partial charge in [-0.2, -0.15) is 5.10 Å². The maximum atomic E-state index is 12.6. The first-order chi connectivity index (χ1) is 15.6. The largest absolute Gasteiger partial charge is 0.505 e. The minimum absolute atomic E-state index is 0.0595. The van der Waals surface area contributed by atoms with E-state index in [-0.39, 0.29) is 24.6 Å². The van der Waals surface area contributed by atoms with E-state index in [1.807, 2.05) is 18.2 Å². The van der Waals surface area contributed by atoms with Crippen molar-refractivity contribution in [3.8, 4) is 11.3 Å². The third-order valence-corrected chi connectivity index (χ3v) is 4.27. The van der Waals surface area contributed by atoms with E-state index in [0.29, 0.717) is 16.8 Å². The Kier molecular flexibility index (Phi) is 7.47. The van der Waals surface area contributed by atoms with Gasteiger partial charge in [0.25, 0.3) is 0 Å². The van der Waals surface area contributed by atoms with Crippen LogP contribution in [0.4, 0.5) is 5.82 Å². The van der Waals surface area contributed by atoms with Gasteiger partial charge in [0.15, 0.2) is 5.76 Å².